The molecule has 0 spiro atoms. The number of carbonyl (C=O) groups excluding carboxylic acids is 2. The summed E-state index contributed by atoms with van der Waals surface area (Å²) in [5, 5.41) is 16.3. The normalized spacial score (nSPS) is 12.6. The molecule has 24 heavy (non-hydrogen) atoms. The van der Waals surface area contributed by atoms with Gasteiger partial charge in [0.2, 0.25) is 0 Å². The van der Waals surface area contributed by atoms with E-state index in [0.29, 0.717) is 22.7 Å². The zero-order chi connectivity index (χ0) is 17.3. The van der Waals surface area contributed by atoms with Crippen LogP contribution in [0, 0.1) is 17.0 Å². The molecular weight excluding hydrogens is 314 g/mol. The van der Waals surface area contributed by atoms with Gasteiger partial charge in [-0.15, -0.1) is 0 Å². The van der Waals surface area contributed by atoms with E-state index in [0.717, 1.165) is 0 Å². The molecule has 122 valence electrons. The Morgan fingerprint density at radius 1 is 1.33 bits per heavy atom. The molecule has 1 heterocycles. The van der Waals surface area contributed by atoms with Gasteiger partial charge in [0.05, 0.1) is 10.6 Å². The van der Waals surface area contributed by atoms with Crippen LogP contribution in [-0.2, 0) is 4.79 Å². The highest BCUT2D eigenvalue weighted by atomic mass is 16.6. The molecule has 2 aromatic rings. The molecule has 0 aromatic heterocycles. The molecule has 2 N–H and O–H groups in total. The summed E-state index contributed by atoms with van der Waals surface area (Å²) in [7, 11) is 0. The second-order valence-electron chi connectivity index (χ2n) is 5.21. The molecule has 2 amide bonds. The van der Waals surface area contributed by atoms with Gasteiger partial charge in [0.15, 0.2) is 6.61 Å². The molecule has 0 radical (unpaired) electrons. The number of nitrogens with zero attached hydrogens (tertiary/aromatic N) is 1. The molecule has 1 aliphatic rings. The number of ether oxygens (including phenoxy) is 1. The van der Waals surface area contributed by atoms with Crippen LogP contribution in [-0.4, -0.2) is 23.3 Å². The number of amides is 2. The second-order valence-corrected chi connectivity index (χ2v) is 5.21. The van der Waals surface area contributed by atoms with Gasteiger partial charge >= 0.3 is 0 Å². The number of rotatable bonds is 3. The summed E-state index contributed by atoms with van der Waals surface area (Å²) >= 11 is 0. The molecule has 0 saturated heterocycles. The smallest absolute Gasteiger partial charge is 0.273 e. The van der Waals surface area contributed by atoms with Crippen LogP contribution in [0.3, 0.4) is 0 Å². The number of anilines is 2. The number of nitrogens with one attached hydrogen (secondary N) is 2. The van der Waals surface area contributed by atoms with Crippen LogP contribution in [0.4, 0.5) is 17.1 Å². The number of hydrogen-bond donors (Lipinski definition) is 2. The van der Waals surface area contributed by atoms with E-state index < -0.39 is 10.8 Å². The highest BCUT2D eigenvalue weighted by molar-refractivity contribution is 6.06. The minimum Gasteiger partial charge on any atom is -0.482 e. The monoisotopic (exact) mass is 327 g/mol. The summed E-state index contributed by atoms with van der Waals surface area (Å²) < 4.78 is 5.29. The average Bonchev–Trinajstić information content (AvgIpc) is 2.54. The Hall–Kier alpha value is -3.42. The van der Waals surface area contributed by atoms with Crippen molar-refractivity contribution in [3.8, 4) is 5.75 Å². The number of nitro benzene ring substituents is 1. The zero-order valence-electron chi connectivity index (χ0n) is 12.7. The van der Waals surface area contributed by atoms with Gasteiger partial charge in [-0.25, -0.2) is 0 Å². The van der Waals surface area contributed by atoms with E-state index >= 15 is 0 Å². The molecular formula is C16H13N3O5. The van der Waals surface area contributed by atoms with E-state index in [4.69, 9.17) is 4.74 Å². The van der Waals surface area contributed by atoms with Crippen molar-refractivity contribution in [3.05, 3.63) is 57.6 Å². The summed E-state index contributed by atoms with van der Waals surface area (Å²) in [4.78, 5) is 34.1. The van der Waals surface area contributed by atoms with Crippen molar-refractivity contribution < 1.29 is 19.2 Å². The maximum atomic E-state index is 12.4. The van der Waals surface area contributed by atoms with E-state index in [2.05, 4.69) is 10.6 Å². The van der Waals surface area contributed by atoms with Crippen molar-refractivity contribution in [2.24, 2.45) is 0 Å². The fraction of sp³-hybridized carbons (Fsp3) is 0.125. The molecule has 0 fully saturated rings. The Kier molecular flexibility index (Phi) is 3.87. The molecule has 2 aromatic carbocycles. The molecule has 8 heteroatoms. The third kappa shape index (κ3) is 2.89. The van der Waals surface area contributed by atoms with Crippen LogP contribution in [0.2, 0.25) is 0 Å². The first-order valence-electron chi connectivity index (χ1n) is 7.08. The molecule has 0 saturated carbocycles. The second kappa shape index (κ2) is 5.99. The fourth-order valence-corrected chi connectivity index (χ4v) is 2.42. The number of carbonyl (C=O) groups is 2. The van der Waals surface area contributed by atoms with Gasteiger partial charge in [-0.05, 0) is 25.1 Å². The van der Waals surface area contributed by atoms with Gasteiger partial charge in [-0.1, -0.05) is 6.07 Å². The molecule has 0 unspecified atom stereocenters. The Balaban J connectivity index is 1.84. The molecule has 0 bridgehead atoms. The van der Waals surface area contributed by atoms with E-state index in [9.17, 15) is 19.7 Å². The van der Waals surface area contributed by atoms with Crippen molar-refractivity contribution in [2.45, 2.75) is 6.92 Å². The first-order chi connectivity index (χ1) is 11.5. The van der Waals surface area contributed by atoms with E-state index in [1.165, 1.54) is 25.1 Å². The average molecular weight is 327 g/mol. The third-order valence-electron chi connectivity index (χ3n) is 3.62. The molecule has 3 rings (SSSR count). The largest absolute Gasteiger partial charge is 0.482 e. The standard InChI is InChI=1S/C16H13N3O5/c1-9-11(3-2-4-13(9)19(22)23)16(21)17-10-5-6-12-14(7-10)24-8-15(20)18-12/h2-7H,8H2,1H3,(H,17,21)(H,18,20). The van der Waals surface area contributed by atoms with Crippen molar-refractivity contribution in [2.75, 3.05) is 17.2 Å². The summed E-state index contributed by atoms with van der Waals surface area (Å²) in [6.07, 6.45) is 0. The Labute approximate surface area is 136 Å². The zero-order valence-corrected chi connectivity index (χ0v) is 12.7. The lowest BCUT2D eigenvalue weighted by Gasteiger charge is -2.18. The maximum absolute atomic E-state index is 12.4. The van der Waals surface area contributed by atoms with Crippen molar-refractivity contribution in [1.29, 1.82) is 0 Å². The first kappa shape index (κ1) is 15.5. The summed E-state index contributed by atoms with van der Waals surface area (Å²) in [5.41, 5.74) is 1.38. The lowest BCUT2D eigenvalue weighted by Crippen LogP contribution is -2.25. The topological polar surface area (TPSA) is 111 Å². The number of benzene rings is 2. The van der Waals surface area contributed by atoms with E-state index in [1.54, 1.807) is 18.2 Å². The Morgan fingerprint density at radius 3 is 2.88 bits per heavy atom. The first-order valence-corrected chi connectivity index (χ1v) is 7.08. The lowest BCUT2D eigenvalue weighted by molar-refractivity contribution is -0.385. The van der Waals surface area contributed by atoms with Gasteiger partial charge in [-0.3, -0.25) is 19.7 Å². The highest BCUT2D eigenvalue weighted by Crippen LogP contribution is 2.31. The molecule has 1 aliphatic heterocycles. The summed E-state index contributed by atoms with van der Waals surface area (Å²) in [6.45, 7) is 1.44. The summed E-state index contributed by atoms with van der Waals surface area (Å²) in [6, 6.07) is 9.14. The highest BCUT2D eigenvalue weighted by Gasteiger charge is 2.19. The van der Waals surface area contributed by atoms with Crippen LogP contribution in [0.5, 0.6) is 5.75 Å². The van der Waals surface area contributed by atoms with Crippen molar-refractivity contribution in [3.63, 3.8) is 0 Å². The van der Waals surface area contributed by atoms with Crippen molar-refractivity contribution >= 4 is 28.9 Å². The van der Waals surface area contributed by atoms with Gasteiger partial charge in [-0.2, -0.15) is 0 Å². The third-order valence-corrected chi connectivity index (χ3v) is 3.62. The SMILES string of the molecule is Cc1c(C(=O)Nc2ccc3c(c2)OCC(=O)N3)cccc1[N+](=O)[O-]. The fourth-order valence-electron chi connectivity index (χ4n) is 2.42. The van der Waals surface area contributed by atoms with Gasteiger partial charge in [0, 0.05) is 28.9 Å². The quantitative estimate of drug-likeness (QED) is 0.664. The number of fused-ring (bicyclic) bond motifs is 1. The Bertz CT molecular complexity index is 863. The Morgan fingerprint density at radius 2 is 2.12 bits per heavy atom. The molecule has 0 aliphatic carbocycles. The van der Waals surface area contributed by atoms with Gasteiger partial charge in [0.25, 0.3) is 17.5 Å². The lowest BCUT2D eigenvalue weighted by atomic mass is 10.1. The van der Waals surface area contributed by atoms with E-state index in [-0.39, 0.29) is 23.8 Å². The van der Waals surface area contributed by atoms with Crippen LogP contribution in [0.25, 0.3) is 0 Å². The van der Waals surface area contributed by atoms with Gasteiger partial charge < -0.3 is 15.4 Å². The summed E-state index contributed by atoms with van der Waals surface area (Å²) in [5.74, 6) is -0.259. The van der Waals surface area contributed by atoms with Crippen LogP contribution < -0.4 is 15.4 Å². The molecule has 8 nitrogen and oxygen atoms in total. The minimum absolute atomic E-state index is 0.0889. The van der Waals surface area contributed by atoms with Crippen LogP contribution in [0.1, 0.15) is 15.9 Å². The van der Waals surface area contributed by atoms with Crippen molar-refractivity contribution in [1.82, 2.24) is 0 Å². The predicted molar refractivity (Wildman–Crippen MR) is 86.4 cm³/mol. The minimum atomic E-state index is -0.526. The van der Waals surface area contributed by atoms with E-state index in [1.807, 2.05) is 0 Å². The van der Waals surface area contributed by atoms with Gasteiger partial charge in [0.1, 0.15) is 5.75 Å². The maximum Gasteiger partial charge on any atom is 0.273 e. The number of nitro groups is 1. The molecule has 0 atom stereocenters. The van der Waals surface area contributed by atoms with Crippen LogP contribution >= 0.6 is 0 Å². The number of hydrogen-bond acceptors (Lipinski definition) is 5. The predicted octanol–water partition coefficient (Wildman–Crippen LogP) is 2.49. The van der Waals surface area contributed by atoms with Crippen LogP contribution in [0.15, 0.2) is 36.4 Å².